The van der Waals surface area contributed by atoms with E-state index in [9.17, 15) is 0 Å². The molecule has 5 rings (SSSR count). The summed E-state index contributed by atoms with van der Waals surface area (Å²) in [6, 6.07) is 34.2. The minimum Gasteiger partial charge on any atom is -0.323 e. The number of imidazole rings is 1. The Bertz CT molecular complexity index is 1240. The third-order valence-electron chi connectivity index (χ3n) is 5.00. The fourth-order valence-electron chi connectivity index (χ4n) is 3.60. The molecule has 28 heavy (non-hydrogen) atoms. The molecule has 0 bridgehead atoms. The number of rotatable bonds is 5. The predicted molar refractivity (Wildman–Crippen MR) is 119 cm³/mol. The highest BCUT2D eigenvalue weighted by Gasteiger charge is 2.11. The average Bonchev–Trinajstić information content (AvgIpc) is 3.10. The Balaban J connectivity index is 1.51. The van der Waals surface area contributed by atoms with Crippen LogP contribution < -0.4 is 0 Å². The van der Waals surface area contributed by atoms with E-state index in [1.807, 2.05) is 11.8 Å². The Kier molecular flexibility index (Phi) is 4.59. The smallest absolute Gasteiger partial charge is 0.120 e. The number of hydrogen-bond donors (Lipinski definition) is 0. The van der Waals surface area contributed by atoms with Crippen molar-refractivity contribution in [3.63, 3.8) is 0 Å². The zero-order valence-corrected chi connectivity index (χ0v) is 16.3. The quantitative estimate of drug-likeness (QED) is 0.323. The first kappa shape index (κ1) is 17.1. The average molecular weight is 381 g/mol. The second-order valence-corrected chi connectivity index (χ2v) is 7.93. The maximum atomic E-state index is 4.93. The first-order valence-electron chi connectivity index (χ1n) is 9.46. The summed E-state index contributed by atoms with van der Waals surface area (Å²) < 4.78 is 2.36. The number of benzene rings is 4. The van der Waals surface area contributed by atoms with Gasteiger partial charge in [0.15, 0.2) is 0 Å². The van der Waals surface area contributed by atoms with Crippen molar-refractivity contribution in [2.75, 3.05) is 0 Å². The molecule has 0 fully saturated rings. The summed E-state index contributed by atoms with van der Waals surface area (Å²) in [5.74, 6) is 1.97. The summed E-state index contributed by atoms with van der Waals surface area (Å²) in [6.45, 7) is 0.829. The third kappa shape index (κ3) is 3.41. The Morgan fingerprint density at radius 3 is 2.36 bits per heavy atom. The second kappa shape index (κ2) is 7.53. The van der Waals surface area contributed by atoms with Gasteiger partial charge in [0.2, 0.25) is 0 Å². The first-order chi connectivity index (χ1) is 13.9. The molecule has 1 aromatic heterocycles. The zero-order valence-electron chi connectivity index (χ0n) is 15.5. The lowest BCUT2D eigenvalue weighted by Crippen LogP contribution is -2.04. The molecule has 0 unspecified atom stereocenters. The fraction of sp³-hybridized carbons (Fsp3) is 0.0800. The van der Waals surface area contributed by atoms with Gasteiger partial charge in [-0.3, -0.25) is 0 Å². The highest BCUT2D eigenvalue weighted by atomic mass is 32.2. The van der Waals surface area contributed by atoms with Gasteiger partial charge in [-0.25, -0.2) is 4.98 Å². The van der Waals surface area contributed by atoms with Gasteiger partial charge in [-0.15, -0.1) is 11.8 Å². The SMILES string of the molecule is c1ccc(SCc2nc3ccccc3n2Cc2ccc3ccccc3c2)cc1. The van der Waals surface area contributed by atoms with Crippen LogP contribution in [0.4, 0.5) is 0 Å². The standard InChI is InChI=1S/C25H20N2S/c1-2-10-22(11-3-1)28-18-25-26-23-12-6-7-13-24(23)27(25)17-19-14-15-20-8-4-5-9-21(20)16-19/h1-16H,17-18H2. The van der Waals surface area contributed by atoms with E-state index in [0.29, 0.717) is 0 Å². The van der Waals surface area contributed by atoms with Crippen LogP contribution in [0.2, 0.25) is 0 Å². The van der Waals surface area contributed by atoms with E-state index in [1.54, 1.807) is 0 Å². The molecule has 2 nitrogen and oxygen atoms in total. The fourth-order valence-corrected chi connectivity index (χ4v) is 4.46. The molecule has 0 atom stereocenters. The molecule has 0 aliphatic carbocycles. The predicted octanol–water partition coefficient (Wildman–Crippen LogP) is 6.53. The van der Waals surface area contributed by atoms with Crippen LogP contribution in [0.15, 0.2) is 102 Å². The van der Waals surface area contributed by atoms with Gasteiger partial charge in [0.25, 0.3) is 0 Å². The van der Waals surface area contributed by atoms with E-state index in [4.69, 9.17) is 4.98 Å². The van der Waals surface area contributed by atoms with Crippen molar-refractivity contribution < 1.29 is 0 Å². The lowest BCUT2D eigenvalue weighted by atomic mass is 10.1. The van der Waals surface area contributed by atoms with E-state index in [0.717, 1.165) is 23.6 Å². The number of fused-ring (bicyclic) bond motifs is 2. The van der Waals surface area contributed by atoms with Crippen LogP contribution in [0, 0.1) is 0 Å². The number of hydrogen-bond acceptors (Lipinski definition) is 2. The molecule has 3 heteroatoms. The monoisotopic (exact) mass is 380 g/mol. The first-order valence-corrected chi connectivity index (χ1v) is 10.4. The van der Waals surface area contributed by atoms with Gasteiger partial charge in [-0.1, -0.05) is 66.7 Å². The molecule has 0 N–H and O–H groups in total. The number of aromatic nitrogens is 2. The van der Waals surface area contributed by atoms with E-state index < -0.39 is 0 Å². The van der Waals surface area contributed by atoms with Crippen LogP contribution in [0.25, 0.3) is 21.8 Å². The van der Waals surface area contributed by atoms with Crippen molar-refractivity contribution in [3.8, 4) is 0 Å². The largest absolute Gasteiger partial charge is 0.323 e. The molecule has 1 heterocycles. The molecular formula is C25H20N2S. The van der Waals surface area contributed by atoms with Gasteiger partial charge >= 0.3 is 0 Å². The van der Waals surface area contributed by atoms with E-state index >= 15 is 0 Å². The zero-order chi connectivity index (χ0) is 18.8. The molecule has 4 aromatic carbocycles. The molecule has 0 amide bonds. The van der Waals surface area contributed by atoms with Gasteiger partial charge in [-0.2, -0.15) is 0 Å². The summed E-state index contributed by atoms with van der Waals surface area (Å²) in [5.41, 5.74) is 3.55. The van der Waals surface area contributed by atoms with Crippen molar-refractivity contribution in [1.82, 2.24) is 9.55 Å². The molecule has 0 aliphatic heterocycles. The number of para-hydroxylation sites is 2. The van der Waals surface area contributed by atoms with Crippen molar-refractivity contribution in [2.24, 2.45) is 0 Å². The molecule has 0 saturated heterocycles. The van der Waals surface area contributed by atoms with Gasteiger partial charge < -0.3 is 4.57 Å². The van der Waals surface area contributed by atoms with Gasteiger partial charge in [0.05, 0.1) is 16.8 Å². The van der Waals surface area contributed by atoms with E-state index in [2.05, 4.69) is 102 Å². The number of thioether (sulfide) groups is 1. The maximum absolute atomic E-state index is 4.93. The maximum Gasteiger partial charge on any atom is 0.120 e. The Morgan fingerprint density at radius 1 is 0.714 bits per heavy atom. The van der Waals surface area contributed by atoms with E-state index in [1.165, 1.54) is 26.7 Å². The second-order valence-electron chi connectivity index (χ2n) is 6.89. The molecule has 0 spiro atoms. The molecule has 0 saturated carbocycles. The molecule has 136 valence electrons. The lowest BCUT2D eigenvalue weighted by Gasteiger charge is -2.10. The summed E-state index contributed by atoms with van der Waals surface area (Å²) in [7, 11) is 0. The van der Waals surface area contributed by atoms with Crippen molar-refractivity contribution in [2.45, 2.75) is 17.2 Å². The topological polar surface area (TPSA) is 17.8 Å². The number of nitrogens with zero attached hydrogens (tertiary/aromatic N) is 2. The van der Waals surface area contributed by atoms with Crippen LogP contribution in [0.1, 0.15) is 11.4 Å². The summed E-state index contributed by atoms with van der Waals surface area (Å²) in [6.07, 6.45) is 0. The van der Waals surface area contributed by atoms with E-state index in [-0.39, 0.29) is 0 Å². The van der Waals surface area contributed by atoms with Gasteiger partial charge in [0.1, 0.15) is 5.82 Å². The summed E-state index contributed by atoms with van der Waals surface area (Å²) in [5, 5.41) is 2.56. The minimum absolute atomic E-state index is 0.829. The highest BCUT2D eigenvalue weighted by molar-refractivity contribution is 7.98. The van der Waals surface area contributed by atoms with Crippen LogP contribution in [-0.4, -0.2) is 9.55 Å². The molecule has 0 radical (unpaired) electrons. The van der Waals surface area contributed by atoms with Crippen LogP contribution >= 0.6 is 11.8 Å². The van der Waals surface area contributed by atoms with Crippen molar-refractivity contribution in [1.29, 1.82) is 0 Å². The molecular weight excluding hydrogens is 360 g/mol. The van der Waals surface area contributed by atoms with Gasteiger partial charge in [-0.05, 0) is 46.7 Å². The normalized spacial score (nSPS) is 11.3. The van der Waals surface area contributed by atoms with Crippen LogP contribution in [0.5, 0.6) is 0 Å². The Labute approximate surface area is 168 Å². The lowest BCUT2D eigenvalue weighted by molar-refractivity contribution is 0.781. The molecule has 5 aromatic rings. The van der Waals surface area contributed by atoms with Crippen LogP contribution in [0.3, 0.4) is 0 Å². The van der Waals surface area contributed by atoms with Crippen LogP contribution in [-0.2, 0) is 12.3 Å². The van der Waals surface area contributed by atoms with Crippen molar-refractivity contribution in [3.05, 3.63) is 108 Å². The molecule has 0 aliphatic rings. The third-order valence-corrected chi connectivity index (χ3v) is 6.01. The Hall–Kier alpha value is -3.04. The van der Waals surface area contributed by atoms with Crippen molar-refractivity contribution >= 4 is 33.6 Å². The highest BCUT2D eigenvalue weighted by Crippen LogP contribution is 2.26. The minimum atomic E-state index is 0.829. The van der Waals surface area contributed by atoms with Gasteiger partial charge in [0, 0.05) is 11.4 Å². The summed E-state index contributed by atoms with van der Waals surface area (Å²) in [4.78, 5) is 6.20. The Morgan fingerprint density at radius 2 is 1.46 bits per heavy atom. The summed E-state index contributed by atoms with van der Waals surface area (Å²) >= 11 is 1.83.